The number of benzene rings is 2. The van der Waals surface area contributed by atoms with E-state index in [2.05, 4.69) is 32.8 Å². The van der Waals surface area contributed by atoms with Crippen LogP contribution < -0.4 is 20.7 Å². The number of rotatable bonds is 11. The number of nitrogens with zero attached hydrogens (tertiary/aromatic N) is 5. The van der Waals surface area contributed by atoms with E-state index in [9.17, 15) is 37.1 Å². The fourth-order valence-corrected chi connectivity index (χ4v) is 9.19. The quantitative estimate of drug-likeness (QED) is 0.146. The van der Waals surface area contributed by atoms with Gasteiger partial charge >= 0.3 is 6.18 Å². The Hall–Kier alpha value is -5.84. The van der Waals surface area contributed by atoms with E-state index in [1.54, 1.807) is 30.3 Å². The van der Waals surface area contributed by atoms with Gasteiger partial charge in [-0.15, -0.1) is 0 Å². The summed E-state index contributed by atoms with van der Waals surface area (Å²) in [6.07, 6.45) is 3.67. The summed E-state index contributed by atoms with van der Waals surface area (Å²) < 4.78 is 47.0. The van der Waals surface area contributed by atoms with E-state index < -0.39 is 47.4 Å². The summed E-state index contributed by atoms with van der Waals surface area (Å²) in [5, 5.41) is 13.9. The third-order valence-corrected chi connectivity index (χ3v) is 12.6. The molecule has 316 valence electrons. The second-order valence-corrected chi connectivity index (χ2v) is 16.4. The molecule has 0 radical (unpaired) electrons. The summed E-state index contributed by atoms with van der Waals surface area (Å²) in [6.45, 7) is 5.92. The summed E-state index contributed by atoms with van der Waals surface area (Å²) in [4.78, 5) is 70.9. The highest BCUT2D eigenvalue weighted by Gasteiger charge is 2.45. The molecule has 3 fully saturated rings. The fraction of sp³-hybridized carbons (Fsp3) is 0.465. The maximum Gasteiger partial charge on any atom is 0.433 e. The van der Waals surface area contributed by atoms with Crippen LogP contribution in [0.3, 0.4) is 0 Å². The van der Waals surface area contributed by atoms with Crippen molar-refractivity contribution in [3.8, 4) is 5.75 Å². The Balaban J connectivity index is 0.806. The maximum absolute atomic E-state index is 13.5. The van der Waals surface area contributed by atoms with E-state index in [1.165, 1.54) is 13.2 Å². The molecule has 14 nitrogen and oxygen atoms in total. The number of anilines is 2. The highest BCUT2D eigenvalue weighted by atomic mass is 19.4. The molecule has 2 aromatic heterocycles. The van der Waals surface area contributed by atoms with Gasteiger partial charge in [-0.3, -0.25) is 38.9 Å². The zero-order chi connectivity index (χ0) is 42.3. The zero-order valence-corrected chi connectivity index (χ0v) is 33.4. The van der Waals surface area contributed by atoms with Gasteiger partial charge in [-0.25, -0.2) is 4.98 Å². The number of carbonyl (C=O) groups is 5. The number of halogens is 3. The van der Waals surface area contributed by atoms with Crippen molar-refractivity contribution in [2.45, 2.75) is 76.6 Å². The standard InChI is InChI=1S/C43H47F3N8O6/c1-24(21-47-30-6-3-5-29-38(30)42(59)54(41(29)58)34-13-14-37(55)50-40(34)57)26-15-17-52(18-16-26)22-25-9-11-28(12-10-25)53-23-27-19-33(35(60-2)20-32(27)51-53)49-39(56)31-7-4-8-36(48-31)43(44,45)46/h3-8,19-20,23-26,28,34,47H,9-18,21-22H2,1-2H3,(H,49,56)(H,50,55,57)/t24-,25?,28?,34?/m1/s1. The number of methoxy groups -OCH3 is 1. The predicted molar refractivity (Wildman–Crippen MR) is 214 cm³/mol. The molecule has 4 aromatic rings. The largest absolute Gasteiger partial charge is 0.494 e. The van der Waals surface area contributed by atoms with Crippen LogP contribution in [0.15, 0.2) is 54.7 Å². The third-order valence-electron chi connectivity index (χ3n) is 12.6. The van der Waals surface area contributed by atoms with Gasteiger partial charge in [0.15, 0.2) is 0 Å². The lowest BCUT2D eigenvalue weighted by Gasteiger charge is -2.38. The van der Waals surface area contributed by atoms with Gasteiger partial charge in [0.1, 0.15) is 23.2 Å². The molecule has 3 N–H and O–H groups in total. The van der Waals surface area contributed by atoms with Gasteiger partial charge in [-0.2, -0.15) is 18.3 Å². The van der Waals surface area contributed by atoms with Gasteiger partial charge in [0.2, 0.25) is 11.8 Å². The Morgan fingerprint density at radius 2 is 1.70 bits per heavy atom. The van der Waals surface area contributed by atoms with Crippen molar-refractivity contribution in [3.05, 3.63) is 77.2 Å². The van der Waals surface area contributed by atoms with Crippen molar-refractivity contribution in [3.63, 3.8) is 0 Å². The Bertz CT molecular complexity index is 2330. The molecule has 4 aliphatic rings. The van der Waals surface area contributed by atoms with E-state index >= 15 is 0 Å². The minimum atomic E-state index is -4.67. The second-order valence-electron chi connectivity index (χ2n) is 16.4. The number of aromatic nitrogens is 3. The molecule has 3 aliphatic heterocycles. The highest BCUT2D eigenvalue weighted by Crippen LogP contribution is 2.37. The molecule has 60 heavy (non-hydrogen) atoms. The summed E-state index contributed by atoms with van der Waals surface area (Å²) >= 11 is 0. The van der Waals surface area contributed by atoms with Crippen LogP contribution in [-0.2, 0) is 15.8 Å². The molecule has 1 saturated carbocycles. The van der Waals surface area contributed by atoms with Gasteiger partial charge in [0.25, 0.3) is 17.7 Å². The van der Waals surface area contributed by atoms with Crippen molar-refractivity contribution >= 4 is 51.8 Å². The Morgan fingerprint density at radius 1 is 0.950 bits per heavy atom. The Morgan fingerprint density at radius 3 is 2.42 bits per heavy atom. The molecular formula is C43H47F3N8O6. The first kappa shape index (κ1) is 40.9. The fourth-order valence-electron chi connectivity index (χ4n) is 9.19. The number of amides is 5. The number of ether oxygens (including phenoxy) is 1. The minimum absolute atomic E-state index is 0.0710. The number of hydrogen-bond acceptors (Lipinski definition) is 10. The lowest BCUT2D eigenvalue weighted by Crippen LogP contribution is -2.54. The van der Waals surface area contributed by atoms with Crippen LogP contribution in [-0.4, -0.2) is 93.4 Å². The molecule has 8 rings (SSSR count). The number of imide groups is 2. The van der Waals surface area contributed by atoms with E-state index in [4.69, 9.17) is 9.84 Å². The van der Waals surface area contributed by atoms with Gasteiger partial charge in [0.05, 0.1) is 35.5 Å². The number of fused-ring (bicyclic) bond motifs is 2. The predicted octanol–water partition coefficient (Wildman–Crippen LogP) is 6.30. The molecule has 5 amide bonds. The minimum Gasteiger partial charge on any atom is -0.494 e. The van der Waals surface area contributed by atoms with Crippen LogP contribution in [0.1, 0.15) is 101 Å². The first-order chi connectivity index (χ1) is 28.8. The first-order valence-corrected chi connectivity index (χ1v) is 20.5. The summed E-state index contributed by atoms with van der Waals surface area (Å²) in [6, 6.07) is 11.0. The molecule has 2 atom stereocenters. The monoisotopic (exact) mass is 828 g/mol. The number of piperidine rings is 2. The van der Waals surface area contributed by atoms with Gasteiger partial charge in [0, 0.05) is 42.8 Å². The van der Waals surface area contributed by atoms with Crippen LogP contribution in [0.2, 0.25) is 0 Å². The topological polar surface area (TPSA) is 168 Å². The first-order valence-electron chi connectivity index (χ1n) is 20.5. The smallest absolute Gasteiger partial charge is 0.433 e. The second kappa shape index (κ2) is 16.7. The number of alkyl halides is 3. The van der Waals surface area contributed by atoms with E-state index in [0.717, 1.165) is 80.6 Å². The lowest BCUT2D eigenvalue weighted by atomic mass is 9.83. The van der Waals surface area contributed by atoms with Crippen LogP contribution in [0.4, 0.5) is 24.5 Å². The molecule has 1 aliphatic carbocycles. The van der Waals surface area contributed by atoms with E-state index in [0.29, 0.717) is 46.9 Å². The van der Waals surface area contributed by atoms with Crippen molar-refractivity contribution in [2.24, 2.45) is 17.8 Å². The molecule has 2 saturated heterocycles. The molecule has 0 bridgehead atoms. The maximum atomic E-state index is 13.5. The Labute approximate surface area is 344 Å². The van der Waals surface area contributed by atoms with Gasteiger partial charge in [-0.05, 0) is 106 Å². The van der Waals surface area contributed by atoms with Crippen molar-refractivity contribution in [2.75, 3.05) is 43.9 Å². The number of hydrogen-bond donors (Lipinski definition) is 3. The van der Waals surface area contributed by atoms with E-state index in [-0.39, 0.29) is 35.7 Å². The summed E-state index contributed by atoms with van der Waals surface area (Å²) in [5.41, 5.74) is 0.599. The van der Waals surface area contributed by atoms with Crippen LogP contribution >= 0.6 is 0 Å². The third kappa shape index (κ3) is 8.31. The van der Waals surface area contributed by atoms with Crippen LogP contribution in [0, 0.1) is 17.8 Å². The highest BCUT2D eigenvalue weighted by molar-refractivity contribution is 6.25. The zero-order valence-electron chi connectivity index (χ0n) is 33.4. The number of pyridine rings is 1. The van der Waals surface area contributed by atoms with E-state index in [1.807, 2.05) is 10.9 Å². The molecule has 5 heterocycles. The summed E-state index contributed by atoms with van der Waals surface area (Å²) in [5.74, 6) is -1.12. The average Bonchev–Trinajstić information content (AvgIpc) is 3.77. The lowest BCUT2D eigenvalue weighted by molar-refractivity contribution is -0.141. The molecule has 17 heteroatoms. The van der Waals surface area contributed by atoms with Crippen molar-refractivity contribution < 1.29 is 41.9 Å². The SMILES string of the molecule is COc1cc2nn(C3CCC(CN4CCC([C@H](C)CNc5cccc6c5C(=O)N(C5CCC(=O)NC5=O)C6=O)CC4)CC3)cc2cc1NC(=O)c1cccc(C(F)(F)F)n1. The average molecular weight is 829 g/mol. The molecule has 2 aromatic carbocycles. The van der Waals surface area contributed by atoms with Crippen LogP contribution in [0.25, 0.3) is 10.9 Å². The van der Waals surface area contributed by atoms with Gasteiger partial charge in [-0.1, -0.05) is 19.1 Å². The number of carbonyl (C=O) groups excluding carboxylic acids is 5. The number of nitrogens with one attached hydrogen (secondary N) is 3. The normalized spacial score (nSPS) is 22.1. The molecule has 1 unspecified atom stereocenters. The number of likely N-dealkylation sites (tertiary alicyclic amines) is 1. The van der Waals surface area contributed by atoms with Gasteiger partial charge < -0.3 is 20.3 Å². The summed E-state index contributed by atoms with van der Waals surface area (Å²) in [7, 11) is 1.45. The van der Waals surface area contributed by atoms with Crippen LogP contribution in [0.5, 0.6) is 5.75 Å². The molecular weight excluding hydrogens is 782 g/mol. The van der Waals surface area contributed by atoms with Crippen molar-refractivity contribution in [1.29, 1.82) is 0 Å². The van der Waals surface area contributed by atoms with Crippen molar-refractivity contribution in [1.82, 2.24) is 29.9 Å². The Kier molecular flexibility index (Phi) is 11.4. The molecule has 0 spiro atoms.